The quantitative estimate of drug-likeness (QED) is 0.590. The smallest absolute Gasteiger partial charge is 0.306 e. The van der Waals surface area contributed by atoms with Crippen molar-refractivity contribution in [3.05, 3.63) is 39.9 Å². The lowest BCUT2D eigenvalue weighted by molar-refractivity contribution is -0.384. The van der Waals surface area contributed by atoms with E-state index in [1.165, 1.54) is 12.1 Å². The Morgan fingerprint density at radius 3 is 2.44 bits per heavy atom. The molecule has 0 saturated carbocycles. The molecule has 1 rings (SSSR count). The Balaban J connectivity index is 2.56. The summed E-state index contributed by atoms with van der Waals surface area (Å²) < 4.78 is 0. The van der Waals surface area contributed by atoms with Gasteiger partial charge in [-0.05, 0) is 18.4 Å². The predicted molar refractivity (Wildman–Crippen MR) is 66.2 cm³/mol. The predicted octanol–water partition coefficient (Wildman–Crippen LogP) is 1.58. The molecule has 2 atom stereocenters. The van der Waals surface area contributed by atoms with Gasteiger partial charge in [-0.25, -0.2) is 0 Å². The highest BCUT2D eigenvalue weighted by Gasteiger charge is 2.16. The van der Waals surface area contributed by atoms with Crippen LogP contribution in [-0.2, 0) is 11.2 Å². The summed E-state index contributed by atoms with van der Waals surface area (Å²) in [7, 11) is 0. The minimum atomic E-state index is -0.867. The lowest BCUT2D eigenvalue weighted by Gasteiger charge is -2.14. The number of aliphatic carboxylic acids is 1. The van der Waals surface area contributed by atoms with Crippen molar-refractivity contribution in [2.45, 2.75) is 25.8 Å². The maximum absolute atomic E-state index is 10.7. The zero-order chi connectivity index (χ0) is 13.7. The molecule has 0 fully saturated rings. The molecule has 6 heteroatoms. The number of carboxylic acid groups (broad SMARTS) is 1. The van der Waals surface area contributed by atoms with Gasteiger partial charge in [-0.3, -0.25) is 14.9 Å². The first-order chi connectivity index (χ1) is 8.40. The van der Waals surface area contributed by atoms with Crippen molar-refractivity contribution in [1.29, 1.82) is 0 Å². The summed E-state index contributed by atoms with van der Waals surface area (Å²) in [6.45, 7) is 1.61. The van der Waals surface area contributed by atoms with Crippen molar-refractivity contribution in [2.24, 2.45) is 11.7 Å². The molecule has 0 aliphatic heterocycles. The van der Waals surface area contributed by atoms with Crippen molar-refractivity contribution < 1.29 is 14.8 Å². The van der Waals surface area contributed by atoms with Crippen LogP contribution in [0.3, 0.4) is 0 Å². The van der Waals surface area contributed by atoms with Crippen LogP contribution in [0.4, 0.5) is 5.69 Å². The summed E-state index contributed by atoms with van der Waals surface area (Å²) in [5, 5.41) is 19.2. The molecule has 0 spiro atoms. The molecular formula is C12H16N2O4. The van der Waals surface area contributed by atoms with Crippen molar-refractivity contribution in [3.8, 4) is 0 Å². The number of carboxylic acids is 1. The van der Waals surface area contributed by atoms with Gasteiger partial charge in [0.2, 0.25) is 0 Å². The van der Waals surface area contributed by atoms with E-state index in [0.29, 0.717) is 12.8 Å². The number of nitro groups is 1. The van der Waals surface area contributed by atoms with Gasteiger partial charge in [-0.2, -0.15) is 0 Å². The van der Waals surface area contributed by atoms with Gasteiger partial charge in [0.05, 0.1) is 10.8 Å². The Hall–Kier alpha value is -1.95. The largest absolute Gasteiger partial charge is 0.481 e. The Morgan fingerprint density at radius 2 is 2.00 bits per heavy atom. The van der Waals surface area contributed by atoms with E-state index in [0.717, 1.165) is 5.56 Å². The topological polar surface area (TPSA) is 106 Å². The van der Waals surface area contributed by atoms with Crippen LogP contribution < -0.4 is 5.73 Å². The van der Waals surface area contributed by atoms with E-state index in [1.54, 1.807) is 19.1 Å². The van der Waals surface area contributed by atoms with Crippen LogP contribution in [0, 0.1) is 16.0 Å². The maximum Gasteiger partial charge on any atom is 0.306 e. The highest BCUT2D eigenvalue weighted by atomic mass is 16.6. The van der Waals surface area contributed by atoms with Crippen LogP contribution in [0.2, 0.25) is 0 Å². The van der Waals surface area contributed by atoms with Crippen LogP contribution in [0.1, 0.15) is 18.9 Å². The number of carbonyl (C=O) groups is 1. The third kappa shape index (κ3) is 4.14. The third-order valence-electron chi connectivity index (χ3n) is 2.72. The minimum absolute atomic E-state index is 0.0335. The Bertz CT molecular complexity index is 430. The lowest BCUT2D eigenvalue weighted by Crippen LogP contribution is -2.28. The highest BCUT2D eigenvalue weighted by molar-refractivity contribution is 5.69. The van der Waals surface area contributed by atoms with E-state index in [9.17, 15) is 14.9 Å². The van der Waals surface area contributed by atoms with E-state index >= 15 is 0 Å². The Morgan fingerprint density at radius 1 is 1.44 bits per heavy atom. The normalized spacial score (nSPS) is 13.9. The van der Waals surface area contributed by atoms with Crippen molar-refractivity contribution in [1.82, 2.24) is 0 Å². The second-order valence-corrected chi connectivity index (χ2v) is 4.36. The number of hydrogen-bond acceptors (Lipinski definition) is 4. The van der Waals surface area contributed by atoms with E-state index in [-0.39, 0.29) is 11.7 Å². The molecule has 0 bridgehead atoms. The molecule has 3 N–H and O–H groups in total. The molecule has 1 unspecified atom stereocenters. The van der Waals surface area contributed by atoms with Gasteiger partial charge >= 0.3 is 5.97 Å². The molecule has 0 aliphatic carbocycles. The molecule has 0 heterocycles. The molecule has 6 nitrogen and oxygen atoms in total. The fourth-order valence-electron chi connectivity index (χ4n) is 1.69. The fraction of sp³-hybridized carbons (Fsp3) is 0.417. The lowest BCUT2D eigenvalue weighted by atomic mass is 9.97. The summed E-state index contributed by atoms with van der Waals surface area (Å²) in [6.07, 6.45) is 0.891. The van der Waals surface area contributed by atoms with Gasteiger partial charge in [0.1, 0.15) is 0 Å². The minimum Gasteiger partial charge on any atom is -0.481 e. The molecule has 0 saturated heterocycles. The summed E-state index contributed by atoms with van der Waals surface area (Å²) in [6, 6.07) is 5.86. The van der Waals surface area contributed by atoms with Gasteiger partial charge < -0.3 is 10.8 Å². The number of benzene rings is 1. The first-order valence-corrected chi connectivity index (χ1v) is 5.62. The molecule has 1 aromatic carbocycles. The van der Waals surface area contributed by atoms with Crippen LogP contribution >= 0.6 is 0 Å². The average Bonchev–Trinajstić information content (AvgIpc) is 2.29. The van der Waals surface area contributed by atoms with Crippen molar-refractivity contribution >= 4 is 11.7 Å². The zero-order valence-electron chi connectivity index (χ0n) is 10.1. The Labute approximate surface area is 105 Å². The highest BCUT2D eigenvalue weighted by Crippen LogP contribution is 2.15. The van der Waals surface area contributed by atoms with Crippen molar-refractivity contribution in [3.63, 3.8) is 0 Å². The summed E-state index contributed by atoms with van der Waals surface area (Å²) in [4.78, 5) is 20.7. The van der Waals surface area contributed by atoms with Gasteiger partial charge in [-0.1, -0.05) is 19.1 Å². The standard InChI is InChI=1S/C12H16N2O4/c1-8(12(15)16)6-10(13)7-9-2-4-11(5-3-9)14(17)18/h2-5,8,10H,6-7,13H2,1H3,(H,15,16)/t8?,10-/m1/s1. The fourth-order valence-corrected chi connectivity index (χ4v) is 1.69. The molecule has 0 aromatic heterocycles. The van der Waals surface area contributed by atoms with Gasteiger partial charge in [0, 0.05) is 18.2 Å². The van der Waals surface area contributed by atoms with Gasteiger partial charge in [0.25, 0.3) is 5.69 Å². The number of hydrogen-bond donors (Lipinski definition) is 2. The van der Waals surface area contributed by atoms with Crippen LogP contribution in [-0.4, -0.2) is 22.0 Å². The second kappa shape index (κ2) is 6.11. The summed E-state index contributed by atoms with van der Waals surface area (Å²) >= 11 is 0. The molecule has 1 aromatic rings. The SMILES string of the molecule is CC(C[C@@H](N)Cc1ccc([N+](=O)[O-])cc1)C(=O)O. The summed E-state index contributed by atoms with van der Waals surface area (Å²) in [5.41, 5.74) is 6.74. The van der Waals surface area contributed by atoms with Crippen LogP contribution in [0.15, 0.2) is 24.3 Å². The molecule has 0 aliphatic rings. The number of nitro benzene ring substituents is 1. The van der Waals surface area contributed by atoms with E-state index in [1.807, 2.05) is 0 Å². The zero-order valence-corrected chi connectivity index (χ0v) is 10.1. The molecular weight excluding hydrogens is 236 g/mol. The Kier molecular flexibility index (Phi) is 4.79. The van der Waals surface area contributed by atoms with Gasteiger partial charge in [0.15, 0.2) is 0 Å². The third-order valence-corrected chi connectivity index (χ3v) is 2.72. The maximum atomic E-state index is 10.7. The molecule has 98 valence electrons. The monoisotopic (exact) mass is 252 g/mol. The molecule has 0 amide bonds. The second-order valence-electron chi connectivity index (χ2n) is 4.36. The van der Waals surface area contributed by atoms with Crippen LogP contribution in [0.5, 0.6) is 0 Å². The van der Waals surface area contributed by atoms with Crippen LogP contribution in [0.25, 0.3) is 0 Å². The molecule has 0 radical (unpaired) electrons. The first kappa shape index (κ1) is 14.1. The van der Waals surface area contributed by atoms with E-state index in [4.69, 9.17) is 10.8 Å². The number of rotatable bonds is 6. The van der Waals surface area contributed by atoms with E-state index < -0.39 is 16.8 Å². The average molecular weight is 252 g/mol. The number of non-ortho nitro benzene ring substituents is 1. The van der Waals surface area contributed by atoms with E-state index in [2.05, 4.69) is 0 Å². The summed E-state index contributed by atoms with van der Waals surface area (Å²) in [5.74, 6) is -1.35. The van der Waals surface area contributed by atoms with Gasteiger partial charge in [-0.15, -0.1) is 0 Å². The first-order valence-electron chi connectivity index (χ1n) is 5.62. The molecule has 18 heavy (non-hydrogen) atoms. The van der Waals surface area contributed by atoms with Crippen molar-refractivity contribution in [2.75, 3.05) is 0 Å². The number of nitrogens with zero attached hydrogens (tertiary/aromatic N) is 1. The number of nitrogens with two attached hydrogens (primary N) is 1.